The first kappa shape index (κ1) is 26.6. The number of methoxy groups -OCH3 is 1. The van der Waals surface area contributed by atoms with E-state index in [9.17, 15) is 9.18 Å². The number of amides is 1. The number of aromatic nitrogens is 2. The van der Waals surface area contributed by atoms with E-state index in [-0.39, 0.29) is 23.0 Å². The van der Waals surface area contributed by atoms with Crippen molar-refractivity contribution < 1.29 is 28.1 Å². The Kier molecular flexibility index (Phi) is 7.80. The summed E-state index contributed by atoms with van der Waals surface area (Å²) in [4.78, 5) is 15.8. The van der Waals surface area contributed by atoms with Crippen LogP contribution in [0.5, 0.6) is 5.75 Å². The van der Waals surface area contributed by atoms with Gasteiger partial charge in [0.1, 0.15) is 11.7 Å². The van der Waals surface area contributed by atoms with Crippen LogP contribution in [0.25, 0.3) is 0 Å². The van der Waals surface area contributed by atoms with E-state index < -0.39 is 17.7 Å². The highest BCUT2D eigenvalue weighted by Gasteiger charge is 2.49. The first-order chi connectivity index (χ1) is 17.6. The number of nitriles is 1. The number of carbonyl (C=O) groups is 1. The lowest BCUT2D eigenvalue weighted by atomic mass is 9.81. The third-order valence-corrected chi connectivity index (χ3v) is 6.17. The molecule has 0 atom stereocenters. The van der Waals surface area contributed by atoms with E-state index >= 15 is 0 Å². The molecule has 0 unspecified atom stereocenters. The zero-order valence-electron chi connectivity index (χ0n) is 21.6. The fourth-order valence-corrected chi connectivity index (χ4v) is 4.32. The molecule has 2 saturated heterocycles. The number of rotatable bonds is 7. The van der Waals surface area contributed by atoms with Gasteiger partial charge in [-0.3, -0.25) is 0 Å². The first-order valence-electron chi connectivity index (χ1n) is 12.1. The second-order valence-corrected chi connectivity index (χ2v) is 10.5. The van der Waals surface area contributed by atoms with Gasteiger partial charge in [0.25, 0.3) is 0 Å². The van der Waals surface area contributed by atoms with Crippen LogP contribution in [-0.4, -0.2) is 73.0 Å². The van der Waals surface area contributed by atoms with Crippen molar-refractivity contribution in [1.29, 1.82) is 5.26 Å². The maximum absolute atomic E-state index is 14.3. The molecular weight excluding hydrogens is 481 g/mol. The van der Waals surface area contributed by atoms with Crippen LogP contribution in [0, 0.1) is 22.6 Å². The highest BCUT2D eigenvalue weighted by molar-refractivity contribution is 5.69. The van der Waals surface area contributed by atoms with Gasteiger partial charge in [-0.1, -0.05) is 6.07 Å². The number of ether oxygens (including phenoxy) is 4. The number of nitrogens with zero attached hydrogens (tertiary/aromatic N) is 5. The highest BCUT2D eigenvalue weighted by Crippen LogP contribution is 2.36. The van der Waals surface area contributed by atoms with Crippen LogP contribution in [0.2, 0.25) is 0 Å². The minimum absolute atomic E-state index is 0.174. The zero-order valence-corrected chi connectivity index (χ0v) is 21.6. The summed E-state index contributed by atoms with van der Waals surface area (Å²) in [5.41, 5.74) is 0.189. The molecule has 0 radical (unpaired) electrons. The van der Waals surface area contributed by atoms with Crippen molar-refractivity contribution in [2.75, 3.05) is 44.9 Å². The van der Waals surface area contributed by atoms with Crippen molar-refractivity contribution >= 4 is 11.9 Å². The molecule has 2 fully saturated rings. The zero-order chi connectivity index (χ0) is 26.6. The van der Waals surface area contributed by atoms with E-state index in [0.29, 0.717) is 51.6 Å². The minimum Gasteiger partial charge on any atom is -0.494 e. The van der Waals surface area contributed by atoms with Crippen molar-refractivity contribution in [1.82, 2.24) is 15.1 Å². The fraction of sp³-hybridized carbons (Fsp3) is 0.538. The number of likely N-dealkylation sites (tertiary alicyclic amines) is 1. The fourth-order valence-electron chi connectivity index (χ4n) is 4.32. The molecular formula is C26H32FN5O5. The molecule has 37 heavy (non-hydrogen) atoms. The van der Waals surface area contributed by atoms with Crippen LogP contribution in [-0.2, 0) is 20.8 Å². The Morgan fingerprint density at radius 2 is 1.97 bits per heavy atom. The van der Waals surface area contributed by atoms with Gasteiger partial charge in [0.2, 0.25) is 0 Å². The van der Waals surface area contributed by atoms with Gasteiger partial charge in [-0.05, 0) is 50.6 Å². The molecule has 0 N–H and O–H groups in total. The maximum atomic E-state index is 14.3. The number of hydrogen-bond acceptors (Lipinski definition) is 9. The predicted molar refractivity (Wildman–Crippen MR) is 131 cm³/mol. The lowest BCUT2D eigenvalue weighted by Gasteiger charge is -2.52. The molecule has 1 spiro atoms. The van der Waals surface area contributed by atoms with Gasteiger partial charge in [0.05, 0.1) is 25.7 Å². The summed E-state index contributed by atoms with van der Waals surface area (Å²) < 4.78 is 36.7. The molecule has 0 bridgehead atoms. The van der Waals surface area contributed by atoms with E-state index in [0.717, 1.165) is 5.56 Å². The summed E-state index contributed by atoms with van der Waals surface area (Å²) in [5.74, 6) is 0.276. The molecule has 198 valence electrons. The second-order valence-electron chi connectivity index (χ2n) is 10.5. The van der Waals surface area contributed by atoms with Crippen LogP contribution in [0.15, 0.2) is 30.3 Å². The molecule has 1 aromatic heterocycles. The summed E-state index contributed by atoms with van der Waals surface area (Å²) in [7, 11) is 1.42. The van der Waals surface area contributed by atoms with Gasteiger partial charge in [-0.2, -0.15) is 5.26 Å². The van der Waals surface area contributed by atoms with Crippen LogP contribution in [0.4, 0.5) is 15.0 Å². The molecule has 11 heteroatoms. The number of carbonyl (C=O) groups excluding carboxylic acids is 1. The van der Waals surface area contributed by atoms with E-state index in [2.05, 4.69) is 10.2 Å². The summed E-state index contributed by atoms with van der Waals surface area (Å²) >= 11 is 0. The summed E-state index contributed by atoms with van der Waals surface area (Å²) in [6.07, 6.45) is -0.219. The van der Waals surface area contributed by atoms with Crippen LogP contribution in [0.3, 0.4) is 0 Å². The monoisotopic (exact) mass is 513 g/mol. The van der Waals surface area contributed by atoms with E-state index in [1.54, 1.807) is 29.2 Å². The topological polar surface area (TPSA) is 110 Å². The Bertz CT molecular complexity index is 1130. The Hall–Kier alpha value is -3.49. The number of halogens is 1. The quantitative estimate of drug-likeness (QED) is 0.549. The Balaban J connectivity index is 1.34. The van der Waals surface area contributed by atoms with Gasteiger partial charge in [0.15, 0.2) is 29.4 Å². The van der Waals surface area contributed by atoms with Gasteiger partial charge >= 0.3 is 6.09 Å². The predicted octanol–water partition coefficient (Wildman–Crippen LogP) is 3.50. The average Bonchev–Trinajstić information content (AvgIpc) is 2.84. The van der Waals surface area contributed by atoms with Gasteiger partial charge in [-0.25, -0.2) is 9.18 Å². The van der Waals surface area contributed by atoms with Crippen molar-refractivity contribution in [3.05, 3.63) is 47.4 Å². The number of hydrogen-bond donors (Lipinski definition) is 0. The third-order valence-electron chi connectivity index (χ3n) is 6.17. The molecule has 0 saturated carbocycles. The number of anilines is 1. The average molecular weight is 514 g/mol. The van der Waals surface area contributed by atoms with Crippen LogP contribution < -0.4 is 9.64 Å². The summed E-state index contributed by atoms with van der Waals surface area (Å²) in [5, 5.41) is 17.1. The second kappa shape index (κ2) is 10.9. The largest absolute Gasteiger partial charge is 0.494 e. The lowest BCUT2D eigenvalue weighted by molar-refractivity contribution is -0.254. The summed E-state index contributed by atoms with van der Waals surface area (Å²) in [6.45, 7) is 8.42. The van der Waals surface area contributed by atoms with E-state index in [1.165, 1.54) is 13.2 Å². The van der Waals surface area contributed by atoms with E-state index in [1.807, 2.05) is 31.7 Å². The standard InChI is InChI=1S/C26H32FN5O5/c1-25(2,3)37-24(33)32-14-26(15-32)16-35-23(36-17-26)9-10-31(22-8-6-19(12-28)29-30-22)13-18-5-7-21(34-4)20(27)11-18/h5-8,11,23H,9-10,13-17H2,1-4H3. The van der Waals surface area contributed by atoms with Gasteiger partial charge in [-0.15, -0.1) is 10.2 Å². The van der Waals surface area contributed by atoms with E-state index in [4.69, 9.17) is 24.2 Å². The molecule has 1 amide bonds. The third kappa shape index (κ3) is 6.64. The van der Waals surface area contributed by atoms with Crippen LogP contribution in [0.1, 0.15) is 38.4 Å². The van der Waals surface area contributed by atoms with Gasteiger partial charge < -0.3 is 28.7 Å². The SMILES string of the molecule is COc1ccc(CN(CCC2OCC3(CO2)CN(C(=O)OC(C)(C)C)C3)c2ccc(C#N)nn2)cc1F. The van der Waals surface area contributed by atoms with Crippen LogP contribution >= 0.6 is 0 Å². The summed E-state index contributed by atoms with van der Waals surface area (Å²) in [6, 6.07) is 10.1. The molecule has 2 aliphatic rings. The molecule has 3 heterocycles. The van der Waals surface area contributed by atoms with Crippen molar-refractivity contribution in [3.8, 4) is 11.8 Å². The lowest BCUT2D eigenvalue weighted by Crippen LogP contribution is -2.65. The maximum Gasteiger partial charge on any atom is 0.410 e. The van der Waals surface area contributed by atoms with Crippen molar-refractivity contribution in [2.45, 2.75) is 45.6 Å². The van der Waals surface area contributed by atoms with Crippen molar-refractivity contribution in [3.63, 3.8) is 0 Å². The molecule has 4 rings (SSSR count). The highest BCUT2D eigenvalue weighted by atomic mass is 19.1. The first-order valence-corrected chi connectivity index (χ1v) is 12.1. The Labute approximate surface area is 215 Å². The normalized spacial score (nSPS) is 17.1. The van der Waals surface area contributed by atoms with Gasteiger partial charge in [0, 0.05) is 32.6 Å². The smallest absolute Gasteiger partial charge is 0.410 e. The molecule has 2 aliphatic heterocycles. The molecule has 2 aromatic rings. The number of benzene rings is 1. The Morgan fingerprint density at radius 1 is 1.24 bits per heavy atom. The molecule has 0 aliphatic carbocycles. The van der Waals surface area contributed by atoms with Crippen molar-refractivity contribution in [2.24, 2.45) is 5.41 Å². The molecule has 10 nitrogen and oxygen atoms in total. The molecule has 1 aromatic carbocycles. The minimum atomic E-state index is -0.534. The Morgan fingerprint density at radius 3 is 2.54 bits per heavy atom.